The Morgan fingerprint density at radius 2 is 2.15 bits per heavy atom. The first-order chi connectivity index (χ1) is 6.24. The highest BCUT2D eigenvalue weighted by molar-refractivity contribution is 5.09. The van der Waals surface area contributed by atoms with E-state index in [-0.39, 0.29) is 0 Å². The molecule has 74 valence electrons. The number of rotatable bonds is 2. The van der Waals surface area contributed by atoms with Gasteiger partial charge in [0, 0.05) is 0 Å². The summed E-state index contributed by atoms with van der Waals surface area (Å²) in [5, 5.41) is 0. The van der Waals surface area contributed by atoms with Crippen molar-refractivity contribution in [2.45, 2.75) is 46.5 Å². The SMILES string of the molecule is CCCC1C=CCC(C)C(C)=CC1. The second-order valence-electron chi connectivity index (χ2n) is 4.30. The molecule has 0 N–H and O–H groups in total. The highest BCUT2D eigenvalue weighted by Gasteiger charge is 2.08. The van der Waals surface area contributed by atoms with Crippen LogP contribution in [0.25, 0.3) is 0 Å². The zero-order valence-electron chi connectivity index (χ0n) is 9.22. The quantitative estimate of drug-likeness (QED) is 0.552. The first-order valence-electron chi connectivity index (χ1n) is 5.57. The maximum absolute atomic E-state index is 2.44. The van der Waals surface area contributed by atoms with Crippen LogP contribution in [0, 0.1) is 11.8 Å². The lowest BCUT2D eigenvalue weighted by molar-refractivity contribution is 0.567. The zero-order chi connectivity index (χ0) is 9.68. The summed E-state index contributed by atoms with van der Waals surface area (Å²) >= 11 is 0. The Balaban J connectivity index is 2.55. The van der Waals surface area contributed by atoms with E-state index in [1.807, 2.05) is 0 Å². The first kappa shape index (κ1) is 10.6. The molecule has 13 heavy (non-hydrogen) atoms. The molecule has 0 spiro atoms. The van der Waals surface area contributed by atoms with Crippen molar-refractivity contribution in [2.75, 3.05) is 0 Å². The molecule has 0 heteroatoms. The Morgan fingerprint density at radius 1 is 1.38 bits per heavy atom. The molecular formula is C13H22. The van der Waals surface area contributed by atoms with Gasteiger partial charge in [-0.2, -0.15) is 0 Å². The van der Waals surface area contributed by atoms with E-state index in [0.717, 1.165) is 11.8 Å². The first-order valence-corrected chi connectivity index (χ1v) is 5.57. The molecule has 2 unspecified atom stereocenters. The van der Waals surface area contributed by atoms with Gasteiger partial charge in [0.05, 0.1) is 0 Å². The maximum atomic E-state index is 2.44. The molecule has 0 fully saturated rings. The molecule has 0 radical (unpaired) electrons. The van der Waals surface area contributed by atoms with Gasteiger partial charge in [-0.05, 0) is 38.0 Å². The van der Waals surface area contributed by atoms with Crippen molar-refractivity contribution >= 4 is 0 Å². The largest absolute Gasteiger partial charge is 0.0877 e. The van der Waals surface area contributed by atoms with E-state index in [0.29, 0.717) is 0 Å². The van der Waals surface area contributed by atoms with E-state index >= 15 is 0 Å². The predicted molar refractivity (Wildman–Crippen MR) is 59.7 cm³/mol. The van der Waals surface area contributed by atoms with Gasteiger partial charge in [0.15, 0.2) is 0 Å². The molecule has 0 bridgehead atoms. The van der Waals surface area contributed by atoms with Crippen LogP contribution in [0.2, 0.25) is 0 Å². The summed E-state index contributed by atoms with van der Waals surface area (Å²) in [6.45, 7) is 6.86. The predicted octanol–water partition coefficient (Wildman–Crippen LogP) is 4.34. The molecule has 0 aromatic carbocycles. The van der Waals surface area contributed by atoms with Crippen LogP contribution in [0.1, 0.15) is 46.5 Å². The molecule has 1 aliphatic carbocycles. The third kappa shape index (κ3) is 3.38. The second kappa shape index (κ2) is 5.26. The molecule has 0 saturated heterocycles. The lowest BCUT2D eigenvalue weighted by Gasteiger charge is -2.16. The Bertz CT molecular complexity index is 198. The molecular weight excluding hydrogens is 156 g/mol. The molecule has 0 aliphatic heterocycles. The van der Waals surface area contributed by atoms with E-state index in [2.05, 4.69) is 39.0 Å². The molecule has 0 aromatic rings. The van der Waals surface area contributed by atoms with Gasteiger partial charge in [-0.25, -0.2) is 0 Å². The molecule has 0 saturated carbocycles. The minimum absolute atomic E-state index is 0.749. The van der Waals surface area contributed by atoms with Gasteiger partial charge in [0.2, 0.25) is 0 Å². The van der Waals surface area contributed by atoms with Gasteiger partial charge in [-0.15, -0.1) is 0 Å². The normalized spacial score (nSPS) is 29.3. The average molecular weight is 178 g/mol. The van der Waals surface area contributed by atoms with E-state index in [4.69, 9.17) is 0 Å². The maximum Gasteiger partial charge on any atom is -0.0199 e. The van der Waals surface area contributed by atoms with Crippen molar-refractivity contribution in [3.05, 3.63) is 23.8 Å². The van der Waals surface area contributed by atoms with Crippen molar-refractivity contribution in [1.82, 2.24) is 0 Å². The molecule has 0 aromatic heterocycles. The van der Waals surface area contributed by atoms with Crippen LogP contribution >= 0.6 is 0 Å². The Hall–Kier alpha value is -0.520. The summed E-state index contributed by atoms with van der Waals surface area (Å²) in [6.07, 6.45) is 12.4. The number of hydrogen-bond donors (Lipinski definition) is 0. The molecule has 1 rings (SSSR count). The van der Waals surface area contributed by atoms with Crippen LogP contribution in [0.3, 0.4) is 0 Å². The van der Waals surface area contributed by atoms with Crippen LogP contribution in [-0.2, 0) is 0 Å². The topological polar surface area (TPSA) is 0 Å². The highest BCUT2D eigenvalue weighted by Crippen LogP contribution is 2.23. The van der Waals surface area contributed by atoms with Crippen LogP contribution in [0.5, 0.6) is 0 Å². The van der Waals surface area contributed by atoms with Crippen molar-refractivity contribution in [2.24, 2.45) is 11.8 Å². The summed E-state index contributed by atoms with van der Waals surface area (Å²) in [6, 6.07) is 0. The van der Waals surface area contributed by atoms with Gasteiger partial charge in [-0.1, -0.05) is 44.1 Å². The lowest BCUT2D eigenvalue weighted by Crippen LogP contribution is -2.02. The summed E-state index contributed by atoms with van der Waals surface area (Å²) in [4.78, 5) is 0. The van der Waals surface area contributed by atoms with Crippen molar-refractivity contribution in [3.8, 4) is 0 Å². The van der Waals surface area contributed by atoms with Crippen LogP contribution in [-0.4, -0.2) is 0 Å². The summed E-state index contributed by atoms with van der Waals surface area (Å²) in [7, 11) is 0. The standard InChI is InChI=1S/C13H22/c1-4-6-13-8-5-7-11(2)12(3)9-10-13/h5,8-9,11,13H,4,6-7,10H2,1-3H3. The summed E-state index contributed by atoms with van der Waals surface area (Å²) in [5.74, 6) is 1.55. The minimum Gasteiger partial charge on any atom is -0.0877 e. The van der Waals surface area contributed by atoms with Crippen LogP contribution in [0.15, 0.2) is 23.8 Å². The van der Waals surface area contributed by atoms with Crippen LogP contribution in [0.4, 0.5) is 0 Å². The minimum atomic E-state index is 0.749. The van der Waals surface area contributed by atoms with Crippen molar-refractivity contribution < 1.29 is 0 Å². The van der Waals surface area contributed by atoms with E-state index in [9.17, 15) is 0 Å². The fourth-order valence-corrected chi connectivity index (χ4v) is 1.86. The Morgan fingerprint density at radius 3 is 2.85 bits per heavy atom. The van der Waals surface area contributed by atoms with Crippen LogP contribution < -0.4 is 0 Å². The number of hydrogen-bond acceptors (Lipinski definition) is 0. The summed E-state index contributed by atoms with van der Waals surface area (Å²) in [5.41, 5.74) is 1.57. The van der Waals surface area contributed by atoms with Gasteiger partial charge in [0.25, 0.3) is 0 Å². The third-order valence-electron chi connectivity index (χ3n) is 3.08. The Labute approximate surface area is 82.7 Å². The summed E-state index contributed by atoms with van der Waals surface area (Å²) < 4.78 is 0. The van der Waals surface area contributed by atoms with Crippen molar-refractivity contribution in [3.63, 3.8) is 0 Å². The molecule has 1 aliphatic rings. The highest BCUT2D eigenvalue weighted by atomic mass is 14.1. The van der Waals surface area contributed by atoms with Gasteiger partial charge in [-0.3, -0.25) is 0 Å². The third-order valence-corrected chi connectivity index (χ3v) is 3.08. The average Bonchev–Trinajstić information content (AvgIpc) is 2.11. The van der Waals surface area contributed by atoms with Gasteiger partial charge in [0.1, 0.15) is 0 Å². The van der Waals surface area contributed by atoms with E-state index < -0.39 is 0 Å². The van der Waals surface area contributed by atoms with E-state index in [1.165, 1.54) is 25.7 Å². The van der Waals surface area contributed by atoms with E-state index in [1.54, 1.807) is 5.57 Å². The smallest absolute Gasteiger partial charge is 0.0199 e. The fourth-order valence-electron chi connectivity index (χ4n) is 1.86. The second-order valence-corrected chi connectivity index (χ2v) is 4.30. The van der Waals surface area contributed by atoms with Crippen molar-refractivity contribution in [1.29, 1.82) is 0 Å². The van der Waals surface area contributed by atoms with Gasteiger partial charge < -0.3 is 0 Å². The fraction of sp³-hybridized carbons (Fsp3) is 0.692. The monoisotopic (exact) mass is 178 g/mol. The zero-order valence-corrected chi connectivity index (χ0v) is 9.22. The molecule has 0 nitrogen and oxygen atoms in total. The number of allylic oxidation sites excluding steroid dienone is 4. The molecule has 0 heterocycles. The Kier molecular flexibility index (Phi) is 4.27. The molecule has 0 amide bonds. The lowest BCUT2D eigenvalue weighted by atomic mass is 9.90. The molecule has 2 atom stereocenters. The van der Waals surface area contributed by atoms with Gasteiger partial charge >= 0.3 is 0 Å².